The Morgan fingerprint density at radius 1 is 0.919 bits per heavy atom. The zero-order valence-corrected chi connectivity index (χ0v) is 21.8. The molecule has 3 aromatic rings. The topological polar surface area (TPSA) is 68.3 Å². The second-order valence-corrected chi connectivity index (χ2v) is 9.24. The Bertz CT molecular complexity index is 1210. The highest BCUT2D eigenvalue weighted by Crippen LogP contribution is 2.26. The molecule has 1 aliphatic rings. The van der Waals surface area contributed by atoms with Gasteiger partial charge in [-0.2, -0.15) is 0 Å². The molecule has 1 atom stereocenters. The van der Waals surface area contributed by atoms with E-state index in [1.807, 2.05) is 53.4 Å². The Morgan fingerprint density at radius 2 is 1.65 bits per heavy atom. The van der Waals surface area contributed by atoms with E-state index < -0.39 is 0 Å². The molecule has 37 heavy (non-hydrogen) atoms. The number of rotatable bonds is 9. The van der Waals surface area contributed by atoms with Crippen molar-refractivity contribution in [1.82, 2.24) is 9.80 Å². The first kappa shape index (κ1) is 26.7. The Hall–Kier alpha value is -3.39. The van der Waals surface area contributed by atoms with Gasteiger partial charge >= 0.3 is 5.97 Å². The summed E-state index contributed by atoms with van der Waals surface area (Å²) in [4.78, 5) is 28.8. The number of esters is 1. The molecule has 0 unspecified atom stereocenters. The first-order chi connectivity index (χ1) is 18.0. The molecule has 0 spiro atoms. The van der Waals surface area contributed by atoms with E-state index in [0.29, 0.717) is 42.4 Å². The van der Waals surface area contributed by atoms with Crippen LogP contribution in [0.4, 0.5) is 0 Å². The molecule has 7 nitrogen and oxygen atoms in total. The number of benzene rings is 3. The van der Waals surface area contributed by atoms with Gasteiger partial charge in [0, 0.05) is 32.7 Å². The van der Waals surface area contributed by atoms with Gasteiger partial charge in [-0.1, -0.05) is 48.0 Å². The fourth-order valence-electron chi connectivity index (χ4n) is 4.32. The summed E-state index contributed by atoms with van der Waals surface area (Å²) >= 11 is 6.24. The SMILES string of the molecule is COC(=O)c1ccc(CO[C@H](CN2CCN(C(=O)c3ccccc3Cl)CC2)c2cccc(OC)c2)cc1. The summed E-state index contributed by atoms with van der Waals surface area (Å²) in [6, 6.07) is 22.2. The second kappa shape index (κ2) is 12.7. The van der Waals surface area contributed by atoms with Crippen molar-refractivity contribution in [2.24, 2.45) is 0 Å². The maximum absolute atomic E-state index is 12.9. The minimum absolute atomic E-state index is 0.0405. The number of piperazine rings is 1. The lowest BCUT2D eigenvalue weighted by atomic mass is 10.1. The zero-order valence-electron chi connectivity index (χ0n) is 21.1. The van der Waals surface area contributed by atoms with Crippen LogP contribution < -0.4 is 4.74 Å². The summed E-state index contributed by atoms with van der Waals surface area (Å²) in [5.41, 5.74) is 3.00. The van der Waals surface area contributed by atoms with Crippen molar-refractivity contribution in [2.75, 3.05) is 46.9 Å². The van der Waals surface area contributed by atoms with Gasteiger partial charge in [-0.25, -0.2) is 4.79 Å². The lowest BCUT2D eigenvalue weighted by Gasteiger charge is -2.36. The van der Waals surface area contributed by atoms with E-state index in [1.165, 1.54) is 7.11 Å². The monoisotopic (exact) mass is 522 g/mol. The van der Waals surface area contributed by atoms with E-state index in [-0.39, 0.29) is 18.0 Å². The van der Waals surface area contributed by atoms with Crippen molar-refractivity contribution in [2.45, 2.75) is 12.7 Å². The minimum atomic E-state index is -0.367. The van der Waals surface area contributed by atoms with Crippen LogP contribution in [0.15, 0.2) is 72.8 Å². The quantitative estimate of drug-likeness (QED) is 0.374. The summed E-state index contributed by atoms with van der Waals surface area (Å²) in [5.74, 6) is 0.360. The van der Waals surface area contributed by atoms with Gasteiger partial charge in [0.15, 0.2) is 0 Å². The summed E-state index contributed by atoms with van der Waals surface area (Å²) in [5, 5.41) is 0.473. The van der Waals surface area contributed by atoms with Gasteiger partial charge in [0.25, 0.3) is 5.91 Å². The number of hydrogen-bond acceptors (Lipinski definition) is 6. The molecule has 4 rings (SSSR count). The maximum Gasteiger partial charge on any atom is 0.337 e. The molecule has 1 fully saturated rings. The normalized spacial score (nSPS) is 14.7. The van der Waals surface area contributed by atoms with Crippen molar-refractivity contribution in [3.63, 3.8) is 0 Å². The van der Waals surface area contributed by atoms with Crippen LogP contribution in [-0.4, -0.2) is 68.6 Å². The van der Waals surface area contributed by atoms with Crippen molar-refractivity contribution in [3.8, 4) is 5.75 Å². The van der Waals surface area contributed by atoms with Gasteiger partial charge in [0.1, 0.15) is 5.75 Å². The Kier molecular flexibility index (Phi) is 9.17. The van der Waals surface area contributed by atoms with Gasteiger partial charge in [-0.3, -0.25) is 9.69 Å². The van der Waals surface area contributed by atoms with Crippen LogP contribution in [0, 0.1) is 0 Å². The summed E-state index contributed by atoms with van der Waals surface area (Å²) in [7, 11) is 3.01. The first-order valence-electron chi connectivity index (χ1n) is 12.2. The highest BCUT2D eigenvalue weighted by Gasteiger charge is 2.26. The number of methoxy groups -OCH3 is 2. The van der Waals surface area contributed by atoms with Crippen molar-refractivity contribution >= 4 is 23.5 Å². The molecule has 0 aromatic heterocycles. The molecule has 0 bridgehead atoms. The Balaban J connectivity index is 1.41. The first-order valence-corrected chi connectivity index (χ1v) is 12.5. The fourth-order valence-corrected chi connectivity index (χ4v) is 4.54. The number of carbonyl (C=O) groups excluding carboxylic acids is 2. The summed E-state index contributed by atoms with van der Waals surface area (Å²) in [6.07, 6.45) is -0.207. The summed E-state index contributed by atoms with van der Waals surface area (Å²) in [6.45, 7) is 3.74. The van der Waals surface area contributed by atoms with E-state index in [2.05, 4.69) is 4.90 Å². The molecule has 8 heteroatoms. The minimum Gasteiger partial charge on any atom is -0.497 e. The average molecular weight is 523 g/mol. The number of carbonyl (C=O) groups is 2. The molecular formula is C29H31ClN2O5. The number of ether oxygens (including phenoxy) is 3. The third-order valence-corrected chi connectivity index (χ3v) is 6.81. The molecule has 0 N–H and O–H groups in total. The van der Waals surface area contributed by atoms with Gasteiger partial charge in [-0.15, -0.1) is 0 Å². The standard InChI is InChI=1S/C29H31ClN2O5/c1-35-24-7-5-6-23(18-24)27(37-20-21-10-12-22(13-11-21)29(34)36-2)19-31-14-16-32(17-15-31)28(33)25-8-3-4-9-26(25)30/h3-13,18,27H,14-17,19-20H2,1-2H3/t27-/m1/s1. The Morgan fingerprint density at radius 3 is 2.32 bits per heavy atom. The lowest BCUT2D eigenvalue weighted by molar-refractivity contribution is 0.00332. The van der Waals surface area contributed by atoms with E-state index >= 15 is 0 Å². The zero-order chi connectivity index (χ0) is 26.2. The predicted molar refractivity (Wildman–Crippen MR) is 142 cm³/mol. The van der Waals surface area contributed by atoms with E-state index in [1.54, 1.807) is 31.4 Å². The number of amides is 1. The highest BCUT2D eigenvalue weighted by molar-refractivity contribution is 6.33. The van der Waals surface area contributed by atoms with E-state index in [4.69, 9.17) is 25.8 Å². The predicted octanol–water partition coefficient (Wildman–Crippen LogP) is 4.85. The Labute approximate surface area is 222 Å². The molecule has 1 amide bonds. The third-order valence-electron chi connectivity index (χ3n) is 6.48. The molecule has 3 aromatic carbocycles. The van der Waals surface area contributed by atoms with Crippen LogP contribution in [0.3, 0.4) is 0 Å². The molecule has 0 saturated carbocycles. The molecule has 1 aliphatic heterocycles. The molecule has 0 aliphatic carbocycles. The third kappa shape index (κ3) is 6.89. The fraction of sp³-hybridized carbons (Fsp3) is 0.310. The number of nitrogens with zero attached hydrogens (tertiary/aromatic N) is 2. The smallest absolute Gasteiger partial charge is 0.337 e. The van der Waals surface area contributed by atoms with Crippen LogP contribution in [0.1, 0.15) is 37.9 Å². The molecule has 1 heterocycles. The number of halogens is 1. The van der Waals surface area contributed by atoms with Crippen molar-refractivity contribution < 1.29 is 23.8 Å². The number of hydrogen-bond donors (Lipinski definition) is 0. The molecule has 194 valence electrons. The van der Waals surface area contributed by atoms with Crippen LogP contribution >= 0.6 is 11.6 Å². The van der Waals surface area contributed by atoms with Gasteiger partial charge in [0.2, 0.25) is 0 Å². The van der Waals surface area contributed by atoms with E-state index in [0.717, 1.165) is 30.0 Å². The average Bonchev–Trinajstić information content (AvgIpc) is 2.95. The van der Waals surface area contributed by atoms with Crippen LogP contribution in [-0.2, 0) is 16.1 Å². The van der Waals surface area contributed by atoms with Crippen molar-refractivity contribution in [3.05, 3.63) is 100 Å². The lowest BCUT2D eigenvalue weighted by Crippen LogP contribution is -2.49. The molecule has 0 radical (unpaired) electrons. The van der Waals surface area contributed by atoms with Crippen molar-refractivity contribution in [1.29, 1.82) is 0 Å². The summed E-state index contributed by atoms with van der Waals surface area (Å²) < 4.78 is 16.6. The van der Waals surface area contributed by atoms with Gasteiger partial charge < -0.3 is 19.1 Å². The van der Waals surface area contributed by atoms with Crippen LogP contribution in [0.2, 0.25) is 5.02 Å². The maximum atomic E-state index is 12.9. The van der Waals surface area contributed by atoms with E-state index in [9.17, 15) is 9.59 Å². The largest absolute Gasteiger partial charge is 0.497 e. The van der Waals surface area contributed by atoms with Crippen LogP contribution in [0.5, 0.6) is 5.75 Å². The molecular weight excluding hydrogens is 492 g/mol. The highest BCUT2D eigenvalue weighted by atomic mass is 35.5. The molecule has 1 saturated heterocycles. The van der Waals surface area contributed by atoms with Crippen LogP contribution in [0.25, 0.3) is 0 Å². The van der Waals surface area contributed by atoms with Gasteiger partial charge in [-0.05, 0) is 47.5 Å². The second-order valence-electron chi connectivity index (χ2n) is 8.84. The van der Waals surface area contributed by atoms with Gasteiger partial charge in [0.05, 0.1) is 43.1 Å².